The van der Waals surface area contributed by atoms with Crippen molar-refractivity contribution in [3.63, 3.8) is 0 Å². The molecule has 1 aliphatic heterocycles. The first-order valence-corrected chi connectivity index (χ1v) is 7.15. The third-order valence-electron chi connectivity index (χ3n) is 4.22. The van der Waals surface area contributed by atoms with Gasteiger partial charge in [0.2, 0.25) is 0 Å². The molecular weight excluding hydrogens is 222 g/mol. The van der Waals surface area contributed by atoms with Crippen LogP contribution in [0.4, 0.5) is 0 Å². The zero-order valence-corrected chi connectivity index (χ0v) is 11.8. The number of hydrogen-bond donors (Lipinski definition) is 1. The molecule has 1 aliphatic rings. The topological polar surface area (TPSA) is 21.3 Å². The van der Waals surface area contributed by atoms with E-state index in [4.69, 9.17) is 4.74 Å². The number of hydrogen-bond acceptors (Lipinski definition) is 2. The highest BCUT2D eigenvalue weighted by Crippen LogP contribution is 2.28. The fourth-order valence-corrected chi connectivity index (χ4v) is 2.78. The molecule has 2 heteroatoms. The molecule has 1 aromatic carbocycles. The molecular formula is C16H25NO. The molecule has 100 valence electrons. The maximum absolute atomic E-state index is 5.49. The van der Waals surface area contributed by atoms with Crippen molar-refractivity contribution in [2.75, 3.05) is 7.05 Å². The molecule has 0 fully saturated rings. The summed E-state index contributed by atoms with van der Waals surface area (Å²) in [6.45, 7) is 6.14. The van der Waals surface area contributed by atoms with Crippen LogP contribution in [0.2, 0.25) is 0 Å². The summed E-state index contributed by atoms with van der Waals surface area (Å²) in [5.74, 6) is 0.812. The first-order chi connectivity index (χ1) is 8.78. The first kappa shape index (κ1) is 13.6. The predicted molar refractivity (Wildman–Crippen MR) is 75.4 cm³/mol. The minimum atomic E-state index is 0.473. The highest BCUT2D eigenvalue weighted by molar-refractivity contribution is 5.34. The van der Waals surface area contributed by atoms with Crippen molar-refractivity contribution in [3.8, 4) is 0 Å². The van der Waals surface area contributed by atoms with Crippen molar-refractivity contribution >= 4 is 0 Å². The molecule has 1 N–H and O–H groups in total. The highest BCUT2D eigenvalue weighted by Gasteiger charge is 2.17. The first-order valence-electron chi connectivity index (χ1n) is 7.15. The van der Waals surface area contributed by atoms with Gasteiger partial charge in [-0.25, -0.2) is 0 Å². The molecule has 0 amide bonds. The average Bonchev–Trinajstić information content (AvgIpc) is 2.87. The monoisotopic (exact) mass is 247 g/mol. The fourth-order valence-electron chi connectivity index (χ4n) is 2.78. The Bertz CT molecular complexity index is 385. The third kappa shape index (κ3) is 2.93. The number of nitrogens with one attached hydrogen (secondary N) is 1. The van der Waals surface area contributed by atoms with Gasteiger partial charge in [0.25, 0.3) is 0 Å². The van der Waals surface area contributed by atoms with Gasteiger partial charge in [-0.3, -0.25) is 0 Å². The predicted octanol–water partition coefficient (Wildman–Crippen LogP) is 3.80. The Balaban J connectivity index is 2.12. The van der Waals surface area contributed by atoms with Crippen LogP contribution >= 0.6 is 0 Å². The molecule has 0 spiro atoms. The minimum Gasteiger partial charge on any atom is -0.372 e. The smallest absolute Gasteiger partial charge is 0.0725 e. The Labute approximate surface area is 111 Å². The minimum absolute atomic E-state index is 0.473. The van der Waals surface area contributed by atoms with E-state index in [-0.39, 0.29) is 0 Å². The summed E-state index contributed by atoms with van der Waals surface area (Å²) in [4.78, 5) is 0. The van der Waals surface area contributed by atoms with E-state index < -0.39 is 0 Å². The summed E-state index contributed by atoms with van der Waals surface area (Å²) in [6, 6.07) is 7.29. The van der Waals surface area contributed by atoms with E-state index in [0.717, 1.165) is 19.1 Å². The van der Waals surface area contributed by atoms with Crippen LogP contribution in [0.3, 0.4) is 0 Å². The summed E-state index contributed by atoms with van der Waals surface area (Å²) in [5, 5.41) is 3.47. The lowest BCUT2D eigenvalue weighted by Crippen LogP contribution is -2.19. The number of rotatable bonds is 6. The van der Waals surface area contributed by atoms with E-state index in [9.17, 15) is 0 Å². The molecule has 1 atom stereocenters. The van der Waals surface area contributed by atoms with Gasteiger partial charge in [-0.05, 0) is 36.1 Å². The van der Waals surface area contributed by atoms with Gasteiger partial charge in [-0.2, -0.15) is 0 Å². The zero-order valence-electron chi connectivity index (χ0n) is 11.8. The van der Waals surface area contributed by atoms with Crippen molar-refractivity contribution < 1.29 is 4.74 Å². The van der Waals surface area contributed by atoms with Gasteiger partial charge in [0, 0.05) is 6.04 Å². The molecule has 1 unspecified atom stereocenters. The van der Waals surface area contributed by atoms with Gasteiger partial charge in [0.15, 0.2) is 0 Å². The largest absolute Gasteiger partial charge is 0.372 e. The van der Waals surface area contributed by atoms with Crippen LogP contribution in [0.15, 0.2) is 18.2 Å². The summed E-state index contributed by atoms with van der Waals surface area (Å²) in [7, 11) is 2.07. The molecule has 0 saturated heterocycles. The molecule has 0 bridgehead atoms. The molecule has 2 nitrogen and oxygen atoms in total. The second kappa shape index (κ2) is 6.35. The van der Waals surface area contributed by atoms with Crippen molar-refractivity contribution in [1.29, 1.82) is 0 Å². The van der Waals surface area contributed by atoms with Crippen LogP contribution in [0.1, 0.15) is 55.8 Å². The van der Waals surface area contributed by atoms with Crippen molar-refractivity contribution in [2.24, 2.45) is 5.92 Å². The van der Waals surface area contributed by atoms with E-state index in [0.29, 0.717) is 6.04 Å². The van der Waals surface area contributed by atoms with Crippen LogP contribution in [-0.4, -0.2) is 7.05 Å². The summed E-state index contributed by atoms with van der Waals surface area (Å²) < 4.78 is 5.49. The van der Waals surface area contributed by atoms with Crippen LogP contribution in [0, 0.1) is 5.92 Å². The van der Waals surface area contributed by atoms with E-state index in [1.807, 2.05) is 0 Å². The summed E-state index contributed by atoms with van der Waals surface area (Å²) >= 11 is 0. The maximum atomic E-state index is 5.49. The van der Waals surface area contributed by atoms with Crippen molar-refractivity contribution in [1.82, 2.24) is 5.32 Å². The van der Waals surface area contributed by atoms with Crippen LogP contribution in [0.25, 0.3) is 0 Å². The Morgan fingerprint density at radius 3 is 2.56 bits per heavy atom. The molecule has 2 rings (SSSR count). The summed E-state index contributed by atoms with van der Waals surface area (Å²) in [5.41, 5.74) is 4.14. The van der Waals surface area contributed by atoms with Crippen LogP contribution < -0.4 is 5.32 Å². The lowest BCUT2D eigenvalue weighted by molar-refractivity contribution is 0.134. The lowest BCUT2D eigenvalue weighted by atomic mass is 9.90. The Hall–Kier alpha value is -0.860. The van der Waals surface area contributed by atoms with Crippen LogP contribution in [-0.2, 0) is 18.0 Å². The summed E-state index contributed by atoms with van der Waals surface area (Å²) in [6.07, 6.45) is 3.76. The second-order valence-corrected chi connectivity index (χ2v) is 5.28. The third-order valence-corrected chi connectivity index (χ3v) is 4.22. The highest BCUT2D eigenvalue weighted by atomic mass is 16.5. The SMILES string of the molecule is CCC(CC)CC(NC)c1ccc2c(c1)COC2. The molecule has 0 saturated carbocycles. The average molecular weight is 247 g/mol. The fraction of sp³-hybridized carbons (Fsp3) is 0.625. The molecule has 0 aliphatic carbocycles. The van der Waals surface area contributed by atoms with E-state index in [1.54, 1.807) is 0 Å². The standard InChI is InChI=1S/C16H25NO/c1-4-12(5-2)8-16(17-3)13-6-7-14-10-18-11-15(14)9-13/h6-7,9,12,16-17H,4-5,8,10-11H2,1-3H3. The number of benzene rings is 1. The quantitative estimate of drug-likeness (QED) is 0.825. The van der Waals surface area contributed by atoms with E-state index in [2.05, 4.69) is 44.4 Å². The molecule has 1 aromatic rings. The second-order valence-electron chi connectivity index (χ2n) is 5.28. The normalized spacial score (nSPS) is 16.0. The molecule has 1 heterocycles. The lowest BCUT2D eigenvalue weighted by Gasteiger charge is -2.22. The van der Waals surface area contributed by atoms with Gasteiger partial charge in [0.1, 0.15) is 0 Å². The molecule has 18 heavy (non-hydrogen) atoms. The van der Waals surface area contributed by atoms with Gasteiger partial charge < -0.3 is 10.1 Å². The van der Waals surface area contributed by atoms with Crippen LogP contribution in [0.5, 0.6) is 0 Å². The number of fused-ring (bicyclic) bond motifs is 1. The van der Waals surface area contributed by atoms with Gasteiger partial charge >= 0.3 is 0 Å². The van der Waals surface area contributed by atoms with E-state index in [1.165, 1.54) is 36.0 Å². The van der Waals surface area contributed by atoms with Gasteiger partial charge in [-0.15, -0.1) is 0 Å². The Kier molecular flexibility index (Phi) is 4.79. The maximum Gasteiger partial charge on any atom is 0.0725 e. The Morgan fingerprint density at radius 1 is 1.17 bits per heavy atom. The van der Waals surface area contributed by atoms with Crippen molar-refractivity contribution in [2.45, 2.75) is 52.4 Å². The Morgan fingerprint density at radius 2 is 1.89 bits per heavy atom. The van der Waals surface area contributed by atoms with E-state index >= 15 is 0 Å². The van der Waals surface area contributed by atoms with Gasteiger partial charge in [0.05, 0.1) is 13.2 Å². The van der Waals surface area contributed by atoms with Gasteiger partial charge in [-0.1, -0.05) is 44.9 Å². The zero-order chi connectivity index (χ0) is 13.0. The van der Waals surface area contributed by atoms with Crippen molar-refractivity contribution in [3.05, 3.63) is 34.9 Å². The number of ether oxygens (including phenoxy) is 1. The molecule has 0 radical (unpaired) electrons. The molecule has 0 aromatic heterocycles.